The van der Waals surface area contributed by atoms with E-state index in [0.29, 0.717) is 0 Å². The summed E-state index contributed by atoms with van der Waals surface area (Å²) in [5.41, 5.74) is 5.39. The summed E-state index contributed by atoms with van der Waals surface area (Å²) < 4.78 is 0. The van der Waals surface area contributed by atoms with Gasteiger partial charge in [0, 0.05) is 13.1 Å². The molecule has 0 aliphatic carbocycles. The zero-order chi connectivity index (χ0) is 9.84. The highest BCUT2D eigenvalue weighted by Crippen LogP contribution is 2.25. The lowest BCUT2D eigenvalue weighted by Gasteiger charge is -2.17. The van der Waals surface area contributed by atoms with Crippen LogP contribution in [0.2, 0.25) is 0 Å². The summed E-state index contributed by atoms with van der Waals surface area (Å²) in [6, 6.07) is 3.93. The molecule has 0 unspecified atom stereocenters. The molecule has 0 bridgehead atoms. The Labute approximate surface area is 82.7 Å². The Bertz CT molecular complexity index is 289. The Morgan fingerprint density at radius 2 is 2.08 bits per heavy atom. The molecule has 0 saturated carbocycles. The molecule has 0 fully saturated rings. The Kier molecular flexibility index (Phi) is 3.31. The third-order valence-corrected chi connectivity index (χ3v) is 3.11. The van der Waals surface area contributed by atoms with Gasteiger partial charge in [-0.25, -0.2) is 0 Å². The van der Waals surface area contributed by atoms with Crippen LogP contribution in [0.15, 0.2) is 12.1 Å². The van der Waals surface area contributed by atoms with Gasteiger partial charge in [0.05, 0.1) is 9.88 Å². The van der Waals surface area contributed by atoms with Crippen LogP contribution in [-0.2, 0) is 0 Å². The second kappa shape index (κ2) is 4.28. The minimum atomic E-state index is 0.156. The summed E-state index contributed by atoms with van der Waals surface area (Å²) in [4.78, 5) is 3.10. The van der Waals surface area contributed by atoms with Crippen molar-refractivity contribution in [2.45, 2.75) is 13.8 Å². The van der Waals surface area contributed by atoms with Crippen LogP contribution in [0, 0.1) is 5.41 Å². The number of amidine groups is 1. The molecule has 0 amide bonds. The molecule has 0 spiro atoms. The van der Waals surface area contributed by atoms with Gasteiger partial charge in [-0.1, -0.05) is 0 Å². The molecule has 72 valence electrons. The number of hydrogen-bond donors (Lipinski definition) is 2. The number of nitrogens with zero attached hydrogens (tertiary/aromatic N) is 1. The van der Waals surface area contributed by atoms with Gasteiger partial charge in [0.2, 0.25) is 0 Å². The lowest BCUT2D eigenvalue weighted by Crippen LogP contribution is -2.20. The Morgan fingerprint density at radius 3 is 2.46 bits per heavy atom. The summed E-state index contributed by atoms with van der Waals surface area (Å²) in [6.07, 6.45) is 0. The van der Waals surface area contributed by atoms with Crippen molar-refractivity contribution in [1.82, 2.24) is 0 Å². The molecule has 1 rings (SSSR count). The second-order valence-corrected chi connectivity index (χ2v) is 3.79. The van der Waals surface area contributed by atoms with E-state index in [1.807, 2.05) is 12.1 Å². The average molecular weight is 197 g/mol. The molecule has 3 nitrogen and oxygen atoms in total. The molecule has 0 aromatic carbocycles. The van der Waals surface area contributed by atoms with E-state index in [1.165, 1.54) is 5.00 Å². The number of anilines is 1. The van der Waals surface area contributed by atoms with Crippen LogP contribution < -0.4 is 10.6 Å². The number of nitrogens with one attached hydrogen (secondary N) is 1. The van der Waals surface area contributed by atoms with Gasteiger partial charge in [-0.3, -0.25) is 5.41 Å². The van der Waals surface area contributed by atoms with Crippen LogP contribution in [0.25, 0.3) is 0 Å². The van der Waals surface area contributed by atoms with Gasteiger partial charge < -0.3 is 10.6 Å². The van der Waals surface area contributed by atoms with Crippen molar-refractivity contribution in [1.29, 1.82) is 5.41 Å². The molecule has 0 atom stereocenters. The molecule has 0 saturated heterocycles. The molecule has 0 aliphatic rings. The van der Waals surface area contributed by atoms with Crippen LogP contribution in [-0.4, -0.2) is 18.9 Å². The highest BCUT2D eigenvalue weighted by molar-refractivity contribution is 7.18. The maximum atomic E-state index is 7.27. The molecule has 1 aromatic heterocycles. The number of rotatable bonds is 4. The minimum Gasteiger partial charge on any atom is -0.383 e. The maximum absolute atomic E-state index is 7.27. The summed E-state index contributed by atoms with van der Waals surface area (Å²) in [5.74, 6) is 0.156. The molecule has 1 aromatic rings. The van der Waals surface area contributed by atoms with Crippen LogP contribution in [0.5, 0.6) is 0 Å². The van der Waals surface area contributed by atoms with Gasteiger partial charge in [0.15, 0.2) is 0 Å². The topological polar surface area (TPSA) is 53.1 Å². The largest absolute Gasteiger partial charge is 0.383 e. The molecular formula is C9H15N3S. The van der Waals surface area contributed by atoms with E-state index in [2.05, 4.69) is 18.7 Å². The standard InChI is InChI=1S/C9H15N3S/c1-3-12(4-2)8-6-5-7(13-8)9(10)11/h5-6H,3-4H2,1-2H3,(H3,10,11). The third kappa shape index (κ3) is 2.21. The monoisotopic (exact) mass is 197 g/mol. The zero-order valence-corrected chi connectivity index (χ0v) is 8.82. The van der Waals surface area contributed by atoms with Gasteiger partial charge in [-0.05, 0) is 26.0 Å². The fraction of sp³-hybridized carbons (Fsp3) is 0.444. The number of nitrogen functional groups attached to an aromatic ring is 1. The fourth-order valence-electron chi connectivity index (χ4n) is 1.18. The smallest absolute Gasteiger partial charge is 0.133 e. The van der Waals surface area contributed by atoms with Crippen molar-refractivity contribution in [2.75, 3.05) is 18.0 Å². The Balaban J connectivity index is 2.84. The molecule has 0 aliphatic heterocycles. The van der Waals surface area contributed by atoms with E-state index in [9.17, 15) is 0 Å². The minimum absolute atomic E-state index is 0.156. The Hall–Kier alpha value is -1.03. The summed E-state index contributed by atoms with van der Waals surface area (Å²) in [5, 5.41) is 8.46. The number of nitrogens with two attached hydrogens (primary N) is 1. The van der Waals surface area contributed by atoms with Gasteiger partial charge in [-0.2, -0.15) is 0 Å². The van der Waals surface area contributed by atoms with E-state index >= 15 is 0 Å². The normalized spacial score (nSPS) is 10.0. The summed E-state index contributed by atoms with van der Waals surface area (Å²) in [6.45, 7) is 6.23. The first kappa shape index (κ1) is 10.1. The van der Waals surface area contributed by atoms with Crippen LogP contribution >= 0.6 is 11.3 Å². The van der Waals surface area contributed by atoms with Crippen molar-refractivity contribution in [3.63, 3.8) is 0 Å². The van der Waals surface area contributed by atoms with Crippen LogP contribution in [0.3, 0.4) is 0 Å². The molecule has 4 heteroatoms. The van der Waals surface area contributed by atoms with Crippen molar-refractivity contribution in [3.05, 3.63) is 17.0 Å². The molecule has 13 heavy (non-hydrogen) atoms. The highest BCUT2D eigenvalue weighted by Gasteiger charge is 2.06. The van der Waals surface area contributed by atoms with Crippen molar-refractivity contribution in [3.8, 4) is 0 Å². The highest BCUT2D eigenvalue weighted by atomic mass is 32.1. The first-order valence-corrected chi connectivity index (χ1v) is 5.19. The number of thiophene rings is 1. The Morgan fingerprint density at radius 1 is 1.46 bits per heavy atom. The van der Waals surface area contributed by atoms with Gasteiger partial charge in [-0.15, -0.1) is 11.3 Å². The van der Waals surface area contributed by atoms with Crippen LogP contribution in [0.4, 0.5) is 5.00 Å². The molecule has 1 heterocycles. The van der Waals surface area contributed by atoms with E-state index in [4.69, 9.17) is 11.1 Å². The lowest BCUT2D eigenvalue weighted by molar-refractivity contribution is 0.876. The van der Waals surface area contributed by atoms with Crippen LogP contribution in [0.1, 0.15) is 18.7 Å². The lowest BCUT2D eigenvalue weighted by atomic mass is 10.4. The van der Waals surface area contributed by atoms with E-state index in [0.717, 1.165) is 18.0 Å². The average Bonchev–Trinajstić information content (AvgIpc) is 2.56. The van der Waals surface area contributed by atoms with Gasteiger partial charge in [0.25, 0.3) is 0 Å². The predicted octanol–water partition coefficient (Wildman–Crippen LogP) is 1.88. The predicted molar refractivity (Wildman–Crippen MR) is 58.9 cm³/mol. The van der Waals surface area contributed by atoms with Gasteiger partial charge in [0.1, 0.15) is 5.84 Å². The SMILES string of the molecule is CCN(CC)c1ccc(C(=N)N)s1. The first-order valence-electron chi connectivity index (χ1n) is 4.38. The van der Waals surface area contributed by atoms with Gasteiger partial charge >= 0.3 is 0 Å². The maximum Gasteiger partial charge on any atom is 0.133 e. The molecular weight excluding hydrogens is 182 g/mol. The first-order chi connectivity index (χ1) is 6.19. The van der Waals surface area contributed by atoms with Crippen molar-refractivity contribution >= 4 is 22.2 Å². The van der Waals surface area contributed by atoms with E-state index < -0.39 is 0 Å². The van der Waals surface area contributed by atoms with E-state index in [-0.39, 0.29) is 5.84 Å². The zero-order valence-electron chi connectivity index (χ0n) is 8.00. The quantitative estimate of drug-likeness (QED) is 0.572. The molecule has 3 N–H and O–H groups in total. The third-order valence-electron chi connectivity index (χ3n) is 1.93. The number of hydrogen-bond acceptors (Lipinski definition) is 3. The van der Waals surface area contributed by atoms with Crippen molar-refractivity contribution in [2.24, 2.45) is 5.73 Å². The second-order valence-electron chi connectivity index (χ2n) is 2.72. The summed E-state index contributed by atoms with van der Waals surface area (Å²) >= 11 is 1.57. The molecule has 0 radical (unpaired) electrons. The van der Waals surface area contributed by atoms with Crippen molar-refractivity contribution < 1.29 is 0 Å². The fourth-order valence-corrected chi connectivity index (χ4v) is 2.17. The summed E-state index contributed by atoms with van der Waals surface area (Å²) in [7, 11) is 0. The van der Waals surface area contributed by atoms with E-state index in [1.54, 1.807) is 11.3 Å².